The van der Waals surface area contributed by atoms with Gasteiger partial charge in [-0.1, -0.05) is 52.6 Å². The molecule has 11 heteroatoms. The fourth-order valence-electron chi connectivity index (χ4n) is 4.77. The van der Waals surface area contributed by atoms with Gasteiger partial charge in [0, 0.05) is 40.4 Å². The summed E-state index contributed by atoms with van der Waals surface area (Å²) in [5.74, 6) is 1.20. The minimum Gasteiger partial charge on any atom is -0.381 e. The lowest BCUT2D eigenvalue weighted by Crippen LogP contribution is -2.17. The van der Waals surface area contributed by atoms with Gasteiger partial charge >= 0.3 is 0 Å². The van der Waals surface area contributed by atoms with E-state index in [1.165, 1.54) is 0 Å². The number of nitrogens with zero attached hydrogens (tertiary/aromatic N) is 2. The van der Waals surface area contributed by atoms with E-state index in [2.05, 4.69) is 10.5 Å². The first-order valence-electron chi connectivity index (χ1n) is 12.2. The largest absolute Gasteiger partial charge is 0.381 e. The van der Waals surface area contributed by atoms with E-state index in [9.17, 15) is 13.6 Å². The lowest BCUT2D eigenvalue weighted by molar-refractivity contribution is -0.115. The monoisotopic (exact) mass is 563 g/mol. The minimum atomic E-state index is -1.95. The van der Waals surface area contributed by atoms with Gasteiger partial charge < -0.3 is 19.1 Å². The summed E-state index contributed by atoms with van der Waals surface area (Å²) in [4.78, 5) is 17.4. The molecule has 2 fully saturated rings. The number of benzene rings is 2. The van der Waals surface area contributed by atoms with Gasteiger partial charge in [-0.25, -0.2) is 4.21 Å². The van der Waals surface area contributed by atoms with E-state index < -0.39 is 21.7 Å². The van der Waals surface area contributed by atoms with Gasteiger partial charge in [0.1, 0.15) is 0 Å². The van der Waals surface area contributed by atoms with Crippen molar-refractivity contribution >= 4 is 45.9 Å². The number of aromatic nitrogens is 2. The van der Waals surface area contributed by atoms with E-state index in [0.717, 1.165) is 42.4 Å². The molecular formula is C26H27Cl2N3O5S. The summed E-state index contributed by atoms with van der Waals surface area (Å²) in [5.41, 5.74) is 2.27. The second-order valence-corrected chi connectivity index (χ2v) is 11.7. The molecule has 2 atom stereocenters. The van der Waals surface area contributed by atoms with Crippen molar-refractivity contribution in [1.29, 1.82) is 0 Å². The molecule has 196 valence electrons. The van der Waals surface area contributed by atoms with Crippen molar-refractivity contribution in [2.75, 3.05) is 18.5 Å². The van der Waals surface area contributed by atoms with Crippen LogP contribution in [0.2, 0.25) is 10.0 Å². The standard InChI is InChI=1S/C26H27Cl2N3O5S/c1-15(37(33)34)17-4-2-16(3-5-17)12-22(32)29-19-13-20(27)23(21(28)14-19)26(8-9-26)25-30-24(36-31-25)18-6-10-35-11-7-18/h2-5,13-15,18H,6-12H2,1H3,(H,29,32)(H,33,34). The number of carbonyl (C=O) groups excluding carboxylic acids is 1. The van der Waals surface area contributed by atoms with Crippen molar-refractivity contribution in [3.05, 3.63) is 74.8 Å². The van der Waals surface area contributed by atoms with Gasteiger partial charge in [-0.2, -0.15) is 4.98 Å². The maximum absolute atomic E-state index is 12.7. The zero-order chi connectivity index (χ0) is 26.2. The molecule has 2 unspecified atom stereocenters. The second kappa shape index (κ2) is 10.8. The summed E-state index contributed by atoms with van der Waals surface area (Å²) in [7, 11) is 0. The first-order valence-corrected chi connectivity index (χ1v) is 14.1. The molecule has 0 spiro atoms. The van der Waals surface area contributed by atoms with Gasteiger partial charge in [-0.15, -0.1) is 0 Å². The summed E-state index contributed by atoms with van der Waals surface area (Å²) >= 11 is 11.4. The van der Waals surface area contributed by atoms with Crippen LogP contribution in [0.15, 0.2) is 40.9 Å². The van der Waals surface area contributed by atoms with Crippen molar-refractivity contribution in [2.24, 2.45) is 0 Å². The Morgan fingerprint density at radius 2 is 1.84 bits per heavy atom. The number of ether oxygens (including phenoxy) is 1. The zero-order valence-electron chi connectivity index (χ0n) is 20.2. The predicted octanol–water partition coefficient (Wildman–Crippen LogP) is 5.81. The summed E-state index contributed by atoms with van der Waals surface area (Å²) in [6, 6.07) is 10.5. The lowest BCUT2D eigenvalue weighted by atomic mass is 9.94. The highest BCUT2D eigenvalue weighted by atomic mass is 35.5. The highest BCUT2D eigenvalue weighted by molar-refractivity contribution is 7.79. The molecule has 1 saturated carbocycles. The quantitative estimate of drug-likeness (QED) is 0.332. The van der Waals surface area contributed by atoms with Crippen LogP contribution in [-0.4, -0.2) is 38.0 Å². The van der Waals surface area contributed by atoms with Crippen molar-refractivity contribution in [2.45, 2.75) is 55.6 Å². The molecule has 3 aromatic rings. The van der Waals surface area contributed by atoms with Gasteiger partial charge in [0.25, 0.3) is 0 Å². The fourth-order valence-corrected chi connectivity index (χ4v) is 6.01. The average Bonchev–Trinajstić information content (AvgIpc) is 3.50. The number of nitrogens with one attached hydrogen (secondary N) is 1. The van der Waals surface area contributed by atoms with Crippen LogP contribution in [0.1, 0.15) is 72.2 Å². The van der Waals surface area contributed by atoms with Gasteiger partial charge in [0.2, 0.25) is 11.8 Å². The molecule has 1 aliphatic heterocycles. The van der Waals surface area contributed by atoms with Crippen LogP contribution < -0.4 is 5.32 Å². The fraction of sp³-hybridized carbons (Fsp3) is 0.423. The third-order valence-corrected chi connectivity index (χ3v) is 8.58. The van der Waals surface area contributed by atoms with Crippen molar-refractivity contribution in [3.63, 3.8) is 0 Å². The van der Waals surface area contributed by atoms with E-state index in [-0.39, 0.29) is 18.2 Å². The van der Waals surface area contributed by atoms with Crippen LogP contribution in [0.5, 0.6) is 0 Å². The molecule has 1 saturated heterocycles. The molecule has 0 bridgehead atoms. The second-order valence-electron chi connectivity index (χ2n) is 9.62. The summed E-state index contributed by atoms with van der Waals surface area (Å²) in [6.45, 7) is 3.05. The Morgan fingerprint density at radius 1 is 1.19 bits per heavy atom. The zero-order valence-corrected chi connectivity index (χ0v) is 22.5. The van der Waals surface area contributed by atoms with E-state index in [1.54, 1.807) is 43.3 Å². The SMILES string of the molecule is CC(c1ccc(CC(=O)Nc2cc(Cl)c(C3(c4noc(C5CCOCC5)n4)CC3)c(Cl)c2)cc1)S(=O)O. The van der Waals surface area contributed by atoms with Gasteiger partial charge in [-0.3, -0.25) is 4.79 Å². The molecule has 1 aliphatic carbocycles. The Kier molecular flexibility index (Phi) is 7.70. The van der Waals surface area contributed by atoms with Gasteiger partial charge in [0.15, 0.2) is 16.9 Å². The number of halogens is 2. The molecule has 8 nitrogen and oxygen atoms in total. The summed E-state index contributed by atoms with van der Waals surface area (Å²) in [5, 5.41) is 7.52. The maximum atomic E-state index is 12.7. The topological polar surface area (TPSA) is 115 Å². The van der Waals surface area contributed by atoms with Crippen molar-refractivity contribution < 1.29 is 22.8 Å². The normalized spacial score (nSPS) is 18.8. The van der Waals surface area contributed by atoms with Crippen LogP contribution in [0, 0.1) is 0 Å². The first-order chi connectivity index (χ1) is 17.8. The molecule has 2 heterocycles. The Bertz CT molecular complexity index is 1300. The van der Waals surface area contributed by atoms with Crippen LogP contribution >= 0.6 is 23.2 Å². The molecule has 2 aliphatic rings. The number of amides is 1. The minimum absolute atomic E-state index is 0.135. The molecular weight excluding hydrogens is 537 g/mol. The lowest BCUT2D eigenvalue weighted by Gasteiger charge is -2.18. The Morgan fingerprint density at radius 3 is 2.43 bits per heavy atom. The molecule has 1 aromatic heterocycles. The van der Waals surface area contributed by atoms with Gasteiger partial charge in [-0.05, 0) is 55.9 Å². The molecule has 0 radical (unpaired) electrons. The van der Waals surface area contributed by atoms with Crippen LogP contribution in [0.4, 0.5) is 5.69 Å². The molecule has 5 rings (SSSR count). The van der Waals surface area contributed by atoms with Crippen molar-refractivity contribution in [3.8, 4) is 0 Å². The highest BCUT2D eigenvalue weighted by Crippen LogP contribution is 2.57. The highest BCUT2D eigenvalue weighted by Gasteiger charge is 2.52. The Hall–Kier alpha value is -2.30. The Balaban J connectivity index is 1.28. The number of rotatable bonds is 8. The molecule has 1 amide bonds. The van der Waals surface area contributed by atoms with Crippen LogP contribution in [0.3, 0.4) is 0 Å². The van der Waals surface area contributed by atoms with E-state index in [0.29, 0.717) is 40.7 Å². The third kappa shape index (κ3) is 5.61. The number of carbonyl (C=O) groups is 1. The molecule has 2 aromatic carbocycles. The van der Waals surface area contributed by atoms with E-state index in [4.69, 9.17) is 37.4 Å². The van der Waals surface area contributed by atoms with Crippen LogP contribution in [0.25, 0.3) is 0 Å². The van der Waals surface area contributed by atoms with Gasteiger partial charge in [0.05, 0.1) is 17.1 Å². The third-order valence-electron chi connectivity index (χ3n) is 7.11. The summed E-state index contributed by atoms with van der Waals surface area (Å²) in [6.07, 6.45) is 3.47. The van der Waals surface area contributed by atoms with Crippen LogP contribution in [-0.2, 0) is 32.4 Å². The van der Waals surface area contributed by atoms with Crippen molar-refractivity contribution in [1.82, 2.24) is 10.1 Å². The first kappa shape index (κ1) is 26.3. The predicted molar refractivity (Wildman–Crippen MR) is 142 cm³/mol. The number of anilines is 1. The molecule has 2 N–H and O–H groups in total. The maximum Gasteiger partial charge on any atom is 0.229 e. The number of hydrogen-bond donors (Lipinski definition) is 2. The molecule has 37 heavy (non-hydrogen) atoms. The average molecular weight is 564 g/mol. The van der Waals surface area contributed by atoms with E-state index >= 15 is 0 Å². The van der Waals surface area contributed by atoms with E-state index in [1.807, 2.05) is 0 Å². The Labute approximate surface area is 227 Å². The summed E-state index contributed by atoms with van der Waals surface area (Å²) < 4.78 is 31.6. The smallest absolute Gasteiger partial charge is 0.229 e. The number of hydrogen-bond acceptors (Lipinski definition) is 6.